The number of rotatable bonds is 8. The van der Waals surface area contributed by atoms with E-state index >= 15 is 0 Å². The number of aryl methyl sites for hydroxylation is 1. The van der Waals surface area contributed by atoms with Gasteiger partial charge in [0.1, 0.15) is 0 Å². The molecule has 0 amide bonds. The smallest absolute Gasteiger partial charge is 0.211 e. The van der Waals surface area contributed by atoms with Crippen molar-refractivity contribution < 1.29 is 8.42 Å². The Kier molecular flexibility index (Phi) is 7.16. The summed E-state index contributed by atoms with van der Waals surface area (Å²) in [6, 6.07) is 4.51. The summed E-state index contributed by atoms with van der Waals surface area (Å²) in [5, 5.41) is 5.46. The minimum Gasteiger partial charge on any atom is -0.313 e. The van der Waals surface area contributed by atoms with Crippen molar-refractivity contribution in [1.29, 1.82) is 0 Å². The van der Waals surface area contributed by atoms with Crippen LogP contribution in [0.2, 0.25) is 0 Å². The van der Waals surface area contributed by atoms with Gasteiger partial charge < -0.3 is 5.32 Å². The van der Waals surface area contributed by atoms with E-state index in [-0.39, 0.29) is 5.75 Å². The fourth-order valence-electron chi connectivity index (χ4n) is 2.73. The van der Waals surface area contributed by atoms with Crippen LogP contribution in [0.1, 0.15) is 43.4 Å². The summed E-state index contributed by atoms with van der Waals surface area (Å²) >= 11 is 1.61. The third-order valence-corrected chi connectivity index (χ3v) is 6.25. The van der Waals surface area contributed by atoms with Gasteiger partial charge in [0.25, 0.3) is 0 Å². The monoisotopic (exact) mass is 330 g/mol. The molecule has 1 fully saturated rings. The predicted octanol–water partition coefficient (Wildman–Crippen LogP) is 2.52. The molecule has 1 heterocycles. The van der Waals surface area contributed by atoms with Gasteiger partial charge in [0, 0.05) is 24.0 Å². The molecule has 0 radical (unpaired) electrons. The minimum absolute atomic E-state index is 0.178. The van der Waals surface area contributed by atoms with Crippen molar-refractivity contribution in [3.05, 3.63) is 22.4 Å². The molecule has 0 atom stereocenters. The lowest BCUT2D eigenvalue weighted by Gasteiger charge is -2.16. The van der Waals surface area contributed by atoms with Crippen molar-refractivity contribution in [2.45, 2.75) is 51.0 Å². The van der Waals surface area contributed by atoms with E-state index in [1.165, 1.54) is 38.5 Å². The Morgan fingerprint density at radius 1 is 1.14 bits per heavy atom. The molecule has 6 heteroatoms. The second-order valence-electron chi connectivity index (χ2n) is 5.69. The highest BCUT2D eigenvalue weighted by atomic mass is 32.2. The second kappa shape index (κ2) is 8.88. The van der Waals surface area contributed by atoms with Crippen LogP contribution in [0.5, 0.6) is 0 Å². The average molecular weight is 331 g/mol. The Hall–Kier alpha value is -0.430. The topological polar surface area (TPSA) is 58.2 Å². The van der Waals surface area contributed by atoms with Crippen LogP contribution >= 0.6 is 11.3 Å². The summed E-state index contributed by atoms with van der Waals surface area (Å²) < 4.78 is 26.5. The highest BCUT2D eigenvalue weighted by Gasteiger charge is 2.13. The van der Waals surface area contributed by atoms with Crippen molar-refractivity contribution in [2.75, 3.05) is 18.8 Å². The molecule has 4 nitrogen and oxygen atoms in total. The van der Waals surface area contributed by atoms with Gasteiger partial charge >= 0.3 is 0 Å². The Labute approximate surface area is 132 Å². The molecule has 1 aromatic rings. The molecule has 0 saturated heterocycles. The third-order valence-electron chi connectivity index (χ3n) is 3.93. The molecule has 21 heavy (non-hydrogen) atoms. The van der Waals surface area contributed by atoms with E-state index in [1.54, 1.807) is 11.3 Å². The van der Waals surface area contributed by atoms with Crippen molar-refractivity contribution in [1.82, 2.24) is 10.0 Å². The molecular weight excluding hydrogens is 304 g/mol. The molecule has 1 aliphatic rings. The fraction of sp³-hybridized carbons (Fsp3) is 0.733. The van der Waals surface area contributed by atoms with Crippen LogP contribution in [0.25, 0.3) is 0 Å². The van der Waals surface area contributed by atoms with E-state index in [0.29, 0.717) is 19.0 Å². The zero-order valence-corrected chi connectivity index (χ0v) is 14.1. The zero-order chi connectivity index (χ0) is 15.0. The van der Waals surface area contributed by atoms with Gasteiger partial charge in [0.05, 0.1) is 5.75 Å². The van der Waals surface area contributed by atoms with Crippen LogP contribution in [0.4, 0.5) is 0 Å². The number of hydrogen-bond acceptors (Lipinski definition) is 4. The first-order valence-electron chi connectivity index (χ1n) is 7.89. The van der Waals surface area contributed by atoms with Crippen molar-refractivity contribution in [3.63, 3.8) is 0 Å². The van der Waals surface area contributed by atoms with Crippen LogP contribution in [0.15, 0.2) is 17.5 Å². The summed E-state index contributed by atoms with van der Waals surface area (Å²) in [5.41, 5.74) is 0. The molecule has 0 aliphatic heterocycles. The van der Waals surface area contributed by atoms with Gasteiger partial charge in [-0.15, -0.1) is 11.3 Å². The van der Waals surface area contributed by atoms with E-state index in [2.05, 4.69) is 10.0 Å². The van der Waals surface area contributed by atoms with Gasteiger partial charge in [0.2, 0.25) is 10.0 Å². The summed E-state index contributed by atoms with van der Waals surface area (Å²) in [6.45, 7) is 1.21. The maximum absolute atomic E-state index is 11.9. The maximum atomic E-state index is 11.9. The van der Waals surface area contributed by atoms with Gasteiger partial charge in [-0.1, -0.05) is 31.7 Å². The van der Waals surface area contributed by atoms with E-state index < -0.39 is 10.0 Å². The number of sulfonamides is 1. The molecule has 0 aromatic carbocycles. The molecular formula is C15H26N2O2S2. The van der Waals surface area contributed by atoms with Crippen molar-refractivity contribution >= 4 is 21.4 Å². The highest BCUT2D eigenvalue weighted by molar-refractivity contribution is 7.89. The standard InChI is InChI=1S/C15H26N2O2S2/c18-21(19,13-9-15-8-5-12-20-15)17-11-10-16-14-6-3-1-2-4-7-14/h5,8,12,14,16-17H,1-4,6-7,9-11,13H2. The molecule has 2 rings (SSSR count). The molecule has 2 N–H and O–H groups in total. The molecule has 120 valence electrons. The molecule has 0 spiro atoms. The van der Waals surface area contributed by atoms with Crippen LogP contribution in [0, 0.1) is 0 Å². The molecule has 1 aromatic heterocycles. The van der Waals surface area contributed by atoms with Crippen LogP contribution < -0.4 is 10.0 Å². The largest absolute Gasteiger partial charge is 0.313 e. The Morgan fingerprint density at radius 3 is 2.57 bits per heavy atom. The third kappa shape index (κ3) is 6.91. The summed E-state index contributed by atoms with van der Waals surface area (Å²) in [7, 11) is -3.15. The lowest BCUT2D eigenvalue weighted by molar-refractivity contribution is 0.461. The van der Waals surface area contributed by atoms with Gasteiger partial charge in [-0.3, -0.25) is 0 Å². The SMILES string of the molecule is O=S(=O)(CCc1cccs1)NCCNC1CCCCCC1. The zero-order valence-electron chi connectivity index (χ0n) is 12.5. The molecule has 0 unspecified atom stereocenters. The number of thiophene rings is 1. The first kappa shape index (κ1) is 16.9. The van der Waals surface area contributed by atoms with Crippen LogP contribution in [0.3, 0.4) is 0 Å². The maximum Gasteiger partial charge on any atom is 0.211 e. The summed E-state index contributed by atoms with van der Waals surface area (Å²) in [6.07, 6.45) is 8.33. The Balaban J connectivity index is 1.60. The van der Waals surface area contributed by atoms with Crippen molar-refractivity contribution in [3.8, 4) is 0 Å². The van der Waals surface area contributed by atoms with E-state index in [0.717, 1.165) is 11.4 Å². The lowest BCUT2D eigenvalue weighted by Crippen LogP contribution is -2.37. The quantitative estimate of drug-likeness (QED) is 0.569. The van der Waals surface area contributed by atoms with E-state index in [4.69, 9.17) is 0 Å². The normalized spacial score (nSPS) is 17.7. The predicted molar refractivity (Wildman–Crippen MR) is 89.3 cm³/mol. The van der Waals surface area contributed by atoms with Gasteiger partial charge in [-0.05, 0) is 30.7 Å². The van der Waals surface area contributed by atoms with E-state index in [9.17, 15) is 8.42 Å². The van der Waals surface area contributed by atoms with Gasteiger partial charge in [-0.25, -0.2) is 13.1 Å². The molecule has 1 aliphatic carbocycles. The Morgan fingerprint density at radius 2 is 1.90 bits per heavy atom. The summed E-state index contributed by atoms with van der Waals surface area (Å²) in [4.78, 5) is 1.12. The minimum atomic E-state index is -3.15. The summed E-state index contributed by atoms with van der Waals surface area (Å²) in [5.74, 6) is 0.178. The van der Waals surface area contributed by atoms with Crippen LogP contribution in [-0.4, -0.2) is 33.3 Å². The van der Waals surface area contributed by atoms with Crippen LogP contribution in [-0.2, 0) is 16.4 Å². The molecule has 1 saturated carbocycles. The Bertz CT molecular complexity index is 478. The van der Waals surface area contributed by atoms with Crippen molar-refractivity contribution in [2.24, 2.45) is 0 Å². The average Bonchev–Trinajstić information content (AvgIpc) is 2.85. The first-order valence-corrected chi connectivity index (χ1v) is 10.4. The second-order valence-corrected chi connectivity index (χ2v) is 8.64. The highest BCUT2D eigenvalue weighted by Crippen LogP contribution is 2.16. The lowest BCUT2D eigenvalue weighted by atomic mass is 10.1. The van der Waals surface area contributed by atoms with E-state index in [1.807, 2.05) is 17.5 Å². The molecule has 0 bridgehead atoms. The number of hydrogen-bond donors (Lipinski definition) is 2. The fourth-order valence-corrected chi connectivity index (χ4v) is 4.61. The first-order chi connectivity index (χ1) is 10.2. The number of nitrogens with one attached hydrogen (secondary N) is 2. The van der Waals surface area contributed by atoms with Gasteiger partial charge in [-0.2, -0.15) is 0 Å². The van der Waals surface area contributed by atoms with Gasteiger partial charge in [0.15, 0.2) is 0 Å².